The van der Waals surface area contributed by atoms with E-state index >= 15 is 0 Å². The molecule has 1 amide bonds. The Morgan fingerprint density at radius 3 is 2.28 bits per heavy atom. The van der Waals surface area contributed by atoms with Gasteiger partial charge in [-0.25, -0.2) is 0 Å². The first-order chi connectivity index (χ1) is 8.03. The van der Waals surface area contributed by atoms with Gasteiger partial charge in [-0.2, -0.15) is 0 Å². The summed E-state index contributed by atoms with van der Waals surface area (Å²) in [6.45, 7) is 4.96. The third-order valence-electron chi connectivity index (χ3n) is 2.25. The standard InChI is InChI=1S/C11H16NO5P/c1-11(2,3)10(14)12-9-7(13)5-4-6-8(9)18(15,16)17/h4-6,13H,1-3H3,(H,12,14)(H2,15,16,17). The van der Waals surface area contributed by atoms with Crippen LogP contribution in [0.2, 0.25) is 0 Å². The SMILES string of the molecule is CC(C)(C)C(=O)Nc1c(O)cccc1P(=O)(O)O. The summed E-state index contributed by atoms with van der Waals surface area (Å²) in [5, 5.41) is 11.6. The highest BCUT2D eigenvalue weighted by atomic mass is 31.2. The first-order valence-electron chi connectivity index (χ1n) is 5.23. The Kier molecular flexibility index (Phi) is 3.86. The summed E-state index contributed by atoms with van der Waals surface area (Å²) in [6, 6.07) is 3.71. The van der Waals surface area contributed by atoms with E-state index in [1.54, 1.807) is 20.8 Å². The molecule has 1 aromatic rings. The van der Waals surface area contributed by atoms with E-state index in [2.05, 4.69) is 5.32 Å². The van der Waals surface area contributed by atoms with Crippen LogP contribution in [0.25, 0.3) is 0 Å². The Bertz CT molecular complexity index is 515. The maximum Gasteiger partial charge on any atom is 0.358 e. The van der Waals surface area contributed by atoms with Gasteiger partial charge in [0.05, 0.1) is 11.0 Å². The molecule has 0 aromatic heterocycles. The zero-order valence-electron chi connectivity index (χ0n) is 10.3. The van der Waals surface area contributed by atoms with E-state index in [4.69, 9.17) is 9.79 Å². The van der Waals surface area contributed by atoms with Gasteiger partial charge in [0.25, 0.3) is 0 Å². The molecule has 0 aliphatic heterocycles. The third kappa shape index (κ3) is 3.32. The molecule has 4 N–H and O–H groups in total. The first-order valence-corrected chi connectivity index (χ1v) is 6.84. The van der Waals surface area contributed by atoms with Gasteiger partial charge in [-0.05, 0) is 12.1 Å². The molecule has 0 atom stereocenters. The molecule has 1 rings (SSSR count). The topological polar surface area (TPSA) is 107 Å². The second kappa shape index (κ2) is 4.72. The number of carbonyl (C=O) groups excluding carboxylic acids is 1. The molecule has 0 spiro atoms. The number of rotatable bonds is 2. The van der Waals surface area contributed by atoms with Crippen molar-refractivity contribution in [2.24, 2.45) is 5.41 Å². The zero-order chi connectivity index (χ0) is 14.1. The smallest absolute Gasteiger partial charge is 0.358 e. The number of anilines is 1. The number of phenolic OH excluding ortho intramolecular Hbond substituents is 1. The van der Waals surface area contributed by atoms with Crippen molar-refractivity contribution in [1.29, 1.82) is 0 Å². The van der Waals surface area contributed by atoms with Crippen LogP contribution in [0.5, 0.6) is 5.75 Å². The van der Waals surface area contributed by atoms with E-state index in [1.807, 2.05) is 0 Å². The van der Waals surface area contributed by atoms with E-state index in [-0.39, 0.29) is 11.4 Å². The van der Waals surface area contributed by atoms with Gasteiger partial charge in [-0.15, -0.1) is 0 Å². The molecule has 7 heteroatoms. The molecule has 0 bridgehead atoms. The van der Waals surface area contributed by atoms with Gasteiger partial charge >= 0.3 is 7.60 Å². The molecule has 0 unspecified atom stereocenters. The lowest BCUT2D eigenvalue weighted by Gasteiger charge is -2.20. The second-order valence-electron chi connectivity index (χ2n) is 4.92. The molecular formula is C11H16NO5P. The van der Waals surface area contributed by atoms with Crippen LogP contribution in [0.1, 0.15) is 20.8 Å². The van der Waals surface area contributed by atoms with Gasteiger partial charge in [-0.1, -0.05) is 26.8 Å². The van der Waals surface area contributed by atoms with E-state index < -0.39 is 24.2 Å². The van der Waals surface area contributed by atoms with Crippen LogP contribution in [0.3, 0.4) is 0 Å². The Labute approximate surface area is 105 Å². The molecule has 0 aliphatic carbocycles. The lowest BCUT2D eigenvalue weighted by molar-refractivity contribution is -0.123. The summed E-state index contributed by atoms with van der Waals surface area (Å²) in [5.74, 6) is -0.827. The van der Waals surface area contributed by atoms with Gasteiger partial charge in [0.1, 0.15) is 5.75 Å². The fourth-order valence-electron chi connectivity index (χ4n) is 1.20. The quantitative estimate of drug-likeness (QED) is 0.478. The predicted octanol–water partition coefficient (Wildman–Crippen LogP) is 1.18. The average molecular weight is 273 g/mol. The molecular weight excluding hydrogens is 257 g/mol. The van der Waals surface area contributed by atoms with Crippen molar-refractivity contribution in [1.82, 2.24) is 0 Å². The molecule has 0 fully saturated rings. The molecule has 1 aromatic carbocycles. The highest BCUT2D eigenvalue weighted by Gasteiger charge is 2.28. The summed E-state index contributed by atoms with van der Waals surface area (Å²) in [5.41, 5.74) is -0.986. The fraction of sp³-hybridized carbons (Fsp3) is 0.364. The Balaban J connectivity index is 3.25. The molecule has 18 heavy (non-hydrogen) atoms. The van der Waals surface area contributed by atoms with Crippen molar-refractivity contribution in [3.63, 3.8) is 0 Å². The van der Waals surface area contributed by atoms with Crippen LogP contribution < -0.4 is 10.6 Å². The molecule has 0 aliphatic rings. The third-order valence-corrected chi connectivity index (χ3v) is 3.25. The first kappa shape index (κ1) is 14.7. The minimum absolute atomic E-state index is 0.245. The molecule has 0 saturated heterocycles. The van der Waals surface area contributed by atoms with E-state index in [0.717, 1.165) is 0 Å². The largest absolute Gasteiger partial charge is 0.506 e. The van der Waals surface area contributed by atoms with Crippen LogP contribution in [-0.2, 0) is 9.36 Å². The van der Waals surface area contributed by atoms with Crippen LogP contribution in [0, 0.1) is 5.41 Å². The Hall–Kier alpha value is -1.36. The van der Waals surface area contributed by atoms with Crippen LogP contribution in [0.15, 0.2) is 18.2 Å². The maximum atomic E-state index is 11.8. The second-order valence-corrected chi connectivity index (χ2v) is 6.49. The van der Waals surface area contributed by atoms with Gasteiger partial charge in [0.2, 0.25) is 5.91 Å². The van der Waals surface area contributed by atoms with Gasteiger partial charge in [-0.3, -0.25) is 9.36 Å². The fourth-order valence-corrected chi connectivity index (χ4v) is 1.94. The number of hydrogen-bond donors (Lipinski definition) is 4. The van der Waals surface area contributed by atoms with E-state index in [9.17, 15) is 14.5 Å². The number of carbonyl (C=O) groups is 1. The minimum atomic E-state index is -4.57. The summed E-state index contributed by atoms with van der Waals surface area (Å²) < 4.78 is 11.3. The highest BCUT2D eigenvalue weighted by Crippen LogP contribution is 2.39. The van der Waals surface area contributed by atoms with Crippen LogP contribution in [0.4, 0.5) is 5.69 Å². The molecule has 100 valence electrons. The Morgan fingerprint density at radius 1 is 1.28 bits per heavy atom. The van der Waals surface area contributed by atoms with Crippen molar-refractivity contribution < 1.29 is 24.3 Å². The van der Waals surface area contributed by atoms with E-state index in [0.29, 0.717) is 0 Å². The number of para-hydroxylation sites is 1. The summed E-state index contributed by atoms with van der Waals surface area (Å²) in [7, 11) is -4.57. The van der Waals surface area contributed by atoms with Gasteiger partial charge < -0.3 is 20.2 Å². The number of phenols is 1. The normalized spacial score (nSPS) is 12.3. The summed E-state index contributed by atoms with van der Waals surface area (Å²) >= 11 is 0. The number of hydrogen-bond acceptors (Lipinski definition) is 3. The summed E-state index contributed by atoms with van der Waals surface area (Å²) in [4.78, 5) is 30.1. The number of benzene rings is 1. The van der Waals surface area contributed by atoms with Crippen molar-refractivity contribution in [3.8, 4) is 5.75 Å². The molecule has 0 radical (unpaired) electrons. The van der Waals surface area contributed by atoms with Crippen molar-refractivity contribution in [2.75, 3.05) is 5.32 Å². The predicted molar refractivity (Wildman–Crippen MR) is 67.9 cm³/mol. The van der Waals surface area contributed by atoms with Gasteiger partial charge in [0, 0.05) is 5.41 Å². The number of amides is 1. The molecule has 0 heterocycles. The van der Waals surface area contributed by atoms with Crippen molar-refractivity contribution in [2.45, 2.75) is 20.8 Å². The van der Waals surface area contributed by atoms with Crippen molar-refractivity contribution in [3.05, 3.63) is 18.2 Å². The lowest BCUT2D eigenvalue weighted by atomic mass is 9.95. The van der Waals surface area contributed by atoms with E-state index in [1.165, 1.54) is 18.2 Å². The number of aromatic hydroxyl groups is 1. The molecule has 6 nitrogen and oxygen atoms in total. The van der Waals surface area contributed by atoms with Crippen LogP contribution >= 0.6 is 7.60 Å². The number of nitrogens with one attached hydrogen (secondary N) is 1. The summed E-state index contributed by atoms with van der Waals surface area (Å²) in [6.07, 6.45) is 0. The Morgan fingerprint density at radius 2 is 1.83 bits per heavy atom. The monoisotopic (exact) mass is 273 g/mol. The van der Waals surface area contributed by atoms with Crippen LogP contribution in [-0.4, -0.2) is 20.8 Å². The average Bonchev–Trinajstić information content (AvgIpc) is 2.17. The zero-order valence-corrected chi connectivity index (χ0v) is 11.2. The van der Waals surface area contributed by atoms with Crippen molar-refractivity contribution >= 4 is 24.5 Å². The van der Waals surface area contributed by atoms with Gasteiger partial charge in [0.15, 0.2) is 0 Å². The minimum Gasteiger partial charge on any atom is -0.506 e. The molecule has 0 saturated carbocycles. The maximum absolute atomic E-state index is 11.8. The lowest BCUT2D eigenvalue weighted by Crippen LogP contribution is -2.29. The highest BCUT2D eigenvalue weighted by molar-refractivity contribution is 7.60.